The standard InChI is InChI=1S/C26H29FN2S/c1-2-19-6-8-20(9-7-19)18-21-10-15-24(25(21)29-16-4-3-5-17-29)26(30)28-23-13-11-22(27)12-14-23/h6-9,11-14,18H,2-5,10,15-17H2,1H3,(H,28,30)/b21-18+. The maximum atomic E-state index is 13.3. The van der Waals surface area contributed by atoms with Crippen LogP contribution in [0.5, 0.6) is 0 Å². The number of nitrogens with zero attached hydrogens (tertiary/aromatic N) is 1. The first-order chi connectivity index (χ1) is 14.6. The van der Waals surface area contributed by atoms with Gasteiger partial charge in [0.25, 0.3) is 0 Å². The Kier molecular flexibility index (Phi) is 6.63. The zero-order chi connectivity index (χ0) is 20.9. The van der Waals surface area contributed by atoms with Gasteiger partial charge in [-0.2, -0.15) is 0 Å². The maximum absolute atomic E-state index is 13.3. The van der Waals surface area contributed by atoms with Gasteiger partial charge >= 0.3 is 0 Å². The van der Waals surface area contributed by atoms with Gasteiger partial charge in [0.15, 0.2) is 0 Å². The van der Waals surface area contributed by atoms with Crippen molar-refractivity contribution in [2.75, 3.05) is 18.4 Å². The minimum atomic E-state index is -0.236. The number of likely N-dealkylation sites (tertiary alicyclic amines) is 1. The average molecular weight is 421 g/mol. The van der Waals surface area contributed by atoms with Crippen LogP contribution in [0.25, 0.3) is 6.08 Å². The molecule has 2 aliphatic rings. The predicted molar refractivity (Wildman–Crippen MR) is 128 cm³/mol. The first-order valence-electron chi connectivity index (χ1n) is 11.0. The van der Waals surface area contributed by atoms with Gasteiger partial charge in [-0.1, -0.05) is 43.4 Å². The molecule has 1 N–H and O–H groups in total. The van der Waals surface area contributed by atoms with Crippen LogP contribution in [0.1, 0.15) is 50.2 Å². The Hall–Kier alpha value is -2.46. The fourth-order valence-electron chi connectivity index (χ4n) is 4.35. The number of halogens is 1. The van der Waals surface area contributed by atoms with Crippen LogP contribution in [-0.4, -0.2) is 23.0 Å². The topological polar surface area (TPSA) is 15.3 Å². The Morgan fingerprint density at radius 1 is 1.00 bits per heavy atom. The summed E-state index contributed by atoms with van der Waals surface area (Å²) in [5.74, 6) is -0.236. The van der Waals surface area contributed by atoms with Crippen molar-refractivity contribution in [2.24, 2.45) is 0 Å². The highest BCUT2D eigenvalue weighted by Gasteiger charge is 2.28. The lowest BCUT2D eigenvalue weighted by Gasteiger charge is -2.32. The van der Waals surface area contributed by atoms with Crippen molar-refractivity contribution >= 4 is 29.0 Å². The minimum absolute atomic E-state index is 0.236. The van der Waals surface area contributed by atoms with Gasteiger partial charge in [-0.3, -0.25) is 0 Å². The van der Waals surface area contributed by atoms with Gasteiger partial charge in [0.2, 0.25) is 0 Å². The van der Waals surface area contributed by atoms with Crippen molar-refractivity contribution in [2.45, 2.75) is 45.4 Å². The van der Waals surface area contributed by atoms with Crippen LogP contribution in [0.15, 0.2) is 65.4 Å². The van der Waals surface area contributed by atoms with Crippen molar-refractivity contribution in [1.82, 2.24) is 4.90 Å². The molecular weight excluding hydrogens is 391 g/mol. The van der Waals surface area contributed by atoms with E-state index >= 15 is 0 Å². The van der Waals surface area contributed by atoms with Crippen LogP contribution in [0.4, 0.5) is 10.1 Å². The van der Waals surface area contributed by atoms with Crippen molar-refractivity contribution < 1.29 is 4.39 Å². The van der Waals surface area contributed by atoms with Crippen LogP contribution in [-0.2, 0) is 6.42 Å². The van der Waals surface area contributed by atoms with E-state index < -0.39 is 0 Å². The van der Waals surface area contributed by atoms with E-state index in [2.05, 4.69) is 47.5 Å². The molecule has 0 bridgehead atoms. The predicted octanol–water partition coefficient (Wildman–Crippen LogP) is 6.74. The van der Waals surface area contributed by atoms with E-state index in [9.17, 15) is 4.39 Å². The molecule has 0 saturated carbocycles. The number of benzene rings is 2. The third kappa shape index (κ3) is 4.81. The van der Waals surface area contributed by atoms with Crippen molar-refractivity contribution in [1.29, 1.82) is 0 Å². The molecule has 1 saturated heterocycles. The van der Waals surface area contributed by atoms with E-state index in [1.165, 1.54) is 59.4 Å². The fraction of sp³-hybridized carbons (Fsp3) is 0.346. The lowest BCUT2D eigenvalue weighted by Crippen LogP contribution is -2.31. The lowest BCUT2D eigenvalue weighted by molar-refractivity contribution is 0.290. The summed E-state index contributed by atoms with van der Waals surface area (Å²) in [6, 6.07) is 15.3. The third-order valence-electron chi connectivity index (χ3n) is 6.01. The summed E-state index contributed by atoms with van der Waals surface area (Å²) >= 11 is 5.81. The minimum Gasteiger partial charge on any atom is -0.371 e. The molecule has 0 amide bonds. The Balaban J connectivity index is 1.64. The second-order valence-electron chi connectivity index (χ2n) is 8.10. The summed E-state index contributed by atoms with van der Waals surface area (Å²) in [5, 5.41) is 3.33. The largest absolute Gasteiger partial charge is 0.371 e. The normalized spacial score (nSPS) is 18.2. The quantitative estimate of drug-likeness (QED) is 0.539. The molecule has 1 aliphatic carbocycles. The summed E-state index contributed by atoms with van der Waals surface area (Å²) in [6.07, 6.45) is 9.09. The molecule has 0 radical (unpaired) electrons. The zero-order valence-corrected chi connectivity index (χ0v) is 18.4. The molecule has 0 atom stereocenters. The number of nitrogens with one attached hydrogen (secondary N) is 1. The third-order valence-corrected chi connectivity index (χ3v) is 6.36. The van der Waals surface area contributed by atoms with Gasteiger partial charge < -0.3 is 10.2 Å². The number of aryl methyl sites for hydroxylation is 1. The molecule has 1 aliphatic heterocycles. The zero-order valence-electron chi connectivity index (χ0n) is 17.6. The highest BCUT2D eigenvalue weighted by molar-refractivity contribution is 7.81. The molecule has 0 unspecified atom stereocenters. The van der Waals surface area contributed by atoms with E-state index in [0.717, 1.165) is 43.0 Å². The van der Waals surface area contributed by atoms with Crippen LogP contribution >= 0.6 is 12.2 Å². The SMILES string of the molecule is CCc1ccc(/C=C2\CCC(C(=S)Nc3ccc(F)cc3)=C2N2CCCCC2)cc1. The highest BCUT2D eigenvalue weighted by atomic mass is 32.1. The monoisotopic (exact) mass is 420 g/mol. The lowest BCUT2D eigenvalue weighted by atomic mass is 10.0. The van der Waals surface area contributed by atoms with Gasteiger partial charge in [-0.15, -0.1) is 0 Å². The van der Waals surface area contributed by atoms with E-state index in [1.54, 1.807) is 12.1 Å². The number of anilines is 1. The molecule has 30 heavy (non-hydrogen) atoms. The first kappa shape index (κ1) is 20.8. The molecule has 4 rings (SSSR count). The molecule has 156 valence electrons. The molecule has 0 spiro atoms. The Bertz CT molecular complexity index is 952. The summed E-state index contributed by atoms with van der Waals surface area (Å²) in [7, 11) is 0. The molecular formula is C26H29FN2S. The summed E-state index contributed by atoms with van der Waals surface area (Å²) in [4.78, 5) is 3.28. The van der Waals surface area contributed by atoms with Gasteiger partial charge in [-0.25, -0.2) is 4.39 Å². The number of rotatable bonds is 5. The molecule has 2 aromatic rings. The molecule has 1 heterocycles. The van der Waals surface area contributed by atoms with Gasteiger partial charge in [0, 0.05) is 30.0 Å². The summed E-state index contributed by atoms with van der Waals surface area (Å²) in [6.45, 7) is 4.36. The molecule has 0 aromatic heterocycles. The Labute approximate surface area is 184 Å². The molecule has 4 heteroatoms. The van der Waals surface area contributed by atoms with E-state index in [-0.39, 0.29) is 5.82 Å². The number of piperidine rings is 1. The number of thiocarbonyl (C=S) groups is 1. The van der Waals surface area contributed by atoms with Crippen molar-refractivity contribution in [3.05, 3.63) is 82.3 Å². The number of hydrogen-bond donors (Lipinski definition) is 1. The smallest absolute Gasteiger partial charge is 0.123 e. The number of hydrogen-bond acceptors (Lipinski definition) is 2. The molecule has 2 nitrogen and oxygen atoms in total. The molecule has 2 aromatic carbocycles. The van der Waals surface area contributed by atoms with Crippen molar-refractivity contribution in [3.63, 3.8) is 0 Å². The van der Waals surface area contributed by atoms with Crippen LogP contribution in [0.3, 0.4) is 0 Å². The maximum Gasteiger partial charge on any atom is 0.123 e. The second kappa shape index (κ2) is 9.57. The van der Waals surface area contributed by atoms with E-state index in [0.29, 0.717) is 0 Å². The molecule has 1 fully saturated rings. The van der Waals surface area contributed by atoms with Crippen LogP contribution in [0, 0.1) is 5.82 Å². The average Bonchev–Trinajstić information content (AvgIpc) is 3.20. The van der Waals surface area contributed by atoms with Gasteiger partial charge in [0.1, 0.15) is 10.8 Å². The first-order valence-corrected chi connectivity index (χ1v) is 11.4. The van der Waals surface area contributed by atoms with E-state index in [4.69, 9.17) is 12.2 Å². The van der Waals surface area contributed by atoms with E-state index in [1.807, 2.05) is 0 Å². The van der Waals surface area contributed by atoms with Gasteiger partial charge in [0.05, 0.1) is 0 Å². The van der Waals surface area contributed by atoms with Crippen LogP contribution < -0.4 is 5.32 Å². The second-order valence-corrected chi connectivity index (χ2v) is 8.51. The summed E-state index contributed by atoms with van der Waals surface area (Å²) in [5.41, 5.74) is 7.34. The Morgan fingerprint density at radius 2 is 1.70 bits per heavy atom. The Morgan fingerprint density at radius 3 is 2.37 bits per heavy atom. The van der Waals surface area contributed by atoms with Crippen LogP contribution in [0.2, 0.25) is 0 Å². The number of allylic oxidation sites excluding steroid dienone is 1. The highest BCUT2D eigenvalue weighted by Crippen LogP contribution is 2.37. The summed E-state index contributed by atoms with van der Waals surface area (Å²) < 4.78 is 13.3. The van der Waals surface area contributed by atoms with Gasteiger partial charge in [-0.05, 0) is 85.6 Å². The fourth-order valence-corrected chi connectivity index (χ4v) is 4.67. The van der Waals surface area contributed by atoms with Crippen molar-refractivity contribution in [3.8, 4) is 0 Å².